The number of sulfonamides is 1. The van der Waals surface area contributed by atoms with E-state index >= 15 is 0 Å². The molecule has 0 bridgehead atoms. The lowest BCUT2D eigenvalue weighted by atomic mass is 10.0. The van der Waals surface area contributed by atoms with Crippen LogP contribution in [0, 0.1) is 5.82 Å². The minimum absolute atomic E-state index is 0.177. The van der Waals surface area contributed by atoms with Crippen molar-refractivity contribution in [1.29, 1.82) is 0 Å². The summed E-state index contributed by atoms with van der Waals surface area (Å²) in [6.45, 7) is 2.60. The van der Waals surface area contributed by atoms with E-state index in [1.807, 2.05) is 18.2 Å². The van der Waals surface area contributed by atoms with Gasteiger partial charge in [0.15, 0.2) is 0 Å². The molecular weight excluding hydrogens is 399 g/mol. The summed E-state index contributed by atoms with van der Waals surface area (Å²) in [5.74, 6) is -0.814. The fourth-order valence-corrected chi connectivity index (χ4v) is 5.25. The molecular formula is C21H20ClFN2O2S. The largest absolute Gasteiger partial charge is 0.296 e. The van der Waals surface area contributed by atoms with Crippen LogP contribution in [0.5, 0.6) is 0 Å². The maximum absolute atomic E-state index is 14.1. The molecule has 0 spiro atoms. The van der Waals surface area contributed by atoms with E-state index in [4.69, 9.17) is 11.6 Å². The van der Waals surface area contributed by atoms with Crippen LogP contribution in [-0.4, -0.2) is 43.8 Å². The molecule has 1 aliphatic heterocycles. The molecule has 0 aliphatic carbocycles. The molecule has 1 heterocycles. The number of benzene rings is 3. The van der Waals surface area contributed by atoms with Gasteiger partial charge in [-0.05, 0) is 34.5 Å². The van der Waals surface area contributed by atoms with Crippen molar-refractivity contribution in [2.45, 2.75) is 11.4 Å². The first-order valence-electron chi connectivity index (χ1n) is 9.09. The molecule has 1 fully saturated rings. The topological polar surface area (TPSA) is 40.6 Å². The Labute approximate surface area is 169 Å². The van der Waals surface area contributed by atoms with Crippen LogP contribution in [0.3, 0.4) is 0 Å². The SMILES string of the molecule is O=S(=O)(c1ccc(Cl)cc1F)N1CCN(Cc2cccc3ccccc23)CC1. The molecule has 0 atom stereocenters. The zero-order valence-corrected chi connectivity index (χ0v) is 16.8. The number of nitrogens with zero attached hydrogens (tertiary/aromatic N) is 2. The third kappa shape index (κ3) is 3.78. The Balaban J connectivity index is 1.47. The van der Waals surface area contributed by atoms with Crippen molar-refractivity contribution < 1.29 is 12.8 Å². The molecule has 0 radical (unpaired) electrons. The highest BCUT2D eigenvalue weighted by Gasteiger charge is 2.30. The fourth-order valence-electron chi connectivity index (χ4n) is 3.62. The van der Waals surface area contributed by atoms with Crippen LogP contribution in [0.1, 0.15) is 5.56 Å². The number of halogens is 2. The number of piperazine rings is 1. The van der Waals surface area contributed by atoms with E-state index in [9.17, 15) is 12.8 Å². The molecule has 3 aromatic carbocycles. The van der Waals surface area contributed by atoms with E-state index in [0.717, 1.165) is 12.6 Å². The third-order valence-corrected chi connectivity index (χ3v) is 7.28. The predicted octanol–water partition coefficient (Wildman–Crippen LogP) is 4.14. The number of hydrogen-bond donors (Lipinski definition) is 0. The lowest BCUT2D eigenvalue weighted by molar-refractivity contribution is 0.182. The Bertz CT molecular complexity index is 1110. The second-order valence-corrected chi connectivity index (χ2v) is 9.24. The van der Waals surface area contributed by atoms with Gasteiger partial charge in [0.2, 0.25) is 10.0 Å². The van der Waals surface area contributed by atoms with Crippen LogP contribution in [0.25, 0.3) is 10.8 Å². The van der Waals surface area contributed by atoms with Crippen LogP contribution < -0.4 is 0 Å². The Morgan fingerprint density at radius 2 is 1.64 bits per heavy atom. The van der Waals surface area contributed by atoms with Gasteiger partial charge in [0, 0.05) is 37.7 Å². The van der Waals surface area contributed by atoms with Crippen molar-refractivity contribution >= 4 is 32.4 Å². The number of fused-ring (bicyclic) bond motifs is 1. The van der Waals surface area contributed by atoms with Gasteiger partial charge in [0.25, 0.3) is 0 Å². The molecule has 0 saturated carbocycles. The Morgan fingerprint density at radius 1 is 0.929 bits per heavy atom. The third-order valence-electron chi connectivity index (χ3n) is 5.12. The summed E-state index contributed by atoms with van der Waals surface area (Å²) < 4.78 is 41.0. The van der Waals surface area contributed by atoms with Gasteiger partial charge in [0.05, 0.1) is 0 Å². The molecule has 4 nitrogen and oxygen atoms in total. The lowest BCUT2D eigenvalue weighted by Crippen LogP contribution is -2.48. The summed E-state index contributed by atoms with van der Waals surface area (Å²) in [7, 11) is -3.87. The average Bonchev–Trinajstić information content (AvgIpc) is 2.68. The highest BCUT2D eigenvalue weighted by atomic mass is 35.5. The highest BCUT2D eigenvalue weighted by Crippen LogP contribution is 2.25. The average molecular weight is 419 g/mol. The maximum Gasteiger partial charge on any atom is 0.246 e. The highest BCUT2D eigenvalue weighted by molar-refractivity contribution is 7.89. The molecule has 0 aromatic heterocycles. The fraction of sp³-hybridized carbons (Fsp3) is 0.238. The van der Waals surface area contributed by atoms with Crippen molar-refractivity contribution in [1.82, 2.24) is 9.21 Å². The van der Waals surface area contributed by atoms with Crippen LogP contribution in [0.2, 0.25) is 5.02 Å². The van der Waals surface area contributed by atoms with E-state index < -0.39 is 15.8 Å². The van der Waals surface area contributed by atoms with Gasteiger partial charge in [-0.2, -0.15) is 4.31 Å². The summed E-state index contributed by atoms with van der Waals surface area (Å²) in [4.78, 5) is 1.91. The maximum atomic E-state index is 14.1. The molecule has 146 valence electrons. The molecule has 0 unspecified atom stereocenters. The summed E-state index contributed by atoms with van der Waals surface area (Å²) in [5, 5.41) is 2.58. The summed E-state index contributed by atoms with van der Waals surface area (Å²) in [5.41, 5.74) is 1.22. The Morgan fingerprint density at radius 3 is 2.39 bits per heavy atom. The van der Waals surface area contributed by atoms with Crippen molar-refractivity contribution in [3.63, 3.8) is 0 Å². The zero-order valence-electron chi connectivity index (χ0n) is 15.2. The molecule has 0 N–H and O–H groups in total. The van der Waals surface area contributed by atoms with E-state index in [1.165, 1.54) is 32.8 Å². The predicted molar refractivity (Wildman–Crippen MR) is 109 cm³/mol. The molecule has 0 amide bonds. The van der Waals surface area contributed by atoms with Gasteiger partial charge in [-0.3, -0.25) is 4.90 Å². The number of rotatable bonds is 4. The zero-order chi connectivity index (χ0) is 19.7. The van der Waals surface area contributed by atoms with Gasteiger partial charge in [-0.1, -0.05) is 54.1 Å². The van der Waals surface area contributed by atoms with Gasteiger partial charge in [0.1, 0.15) is 10.7 Å². The van der Waals surface area contributed by atoms with Crippen LogP contribution in [-0.2, 0) is 16.6 Å². The standard InChI is InChI=1S/C21H20ClFN2O2S/c22-18-8-9-21(20(23)14-18)28(26,27)25-12-10-24(11-13-25)15-17-6-3-5-16-4-1-2-7-19(16)17/h1-9,14H,10-13,15H2. The van der Waals surface area contributed by atoms with Crippen molar-refractivity contribution in [3.8, 4) is 0 Å². The van der Waals surface area contributed by atoms with Crippen LogP contribution in [0.4, 0.5) is 4.39 Å². The monoisotopic (exact) mass is 418 g/mol. The van der Waals surface area contributed by atoms with E-state index in [-0.39, 0.29) is 9.92 Å². The second kappa shape index (κ2) is 7.79. The minimum Gasteiger partial charge on any atom is -0.296 e. The van der Waals surface area contributed by atoms with Gasteiger partial charge >= 0.3 is 0 Å². The molecule has 4 rings (SSSR count). The van der Waals surface area contributed by atoms with E-state index in [2.05, 4.69) is 29.2 Å². The van der Waals surface area contributed by atoms with Crippen molar-refractivity contribution in [3.05, 3.63) is 77.1 Å². The summed E-state index contributed by atoms with van der Waals surface area (Å²) >= 11 is 5.74. The molecule has 28 heavy (non-hydrogen) atoms. The van der Waals surface area contributed by atoms with Gasteiger partial charge in [-0.25, -0.2) is 12.8 Å². The van der Waals surface area contributed by atoms with E-state index in [0.29, 0.717) is 26.2 Å². The smallest absolute Gasteiger partial charge is 0.246 e. The quantitative estimate of drug-likeness (QED) is 0.639. The normalized spacial score (nSPS) is 16.5. The first kappa shape index (κ1) is 19.3. The van der Waals surface area contributed by atoms with Crippen LogP contribution >= 0.6 is 11.6 Å². The molecule has 1 saturated heterocycles. The summed E-state index contributed by atoms with van der Waals surface area (Å²) in [6, 6.07) is 18.1. The molecule has 1 aliphatic rings. The minimum atomic E-state index is -3.87. The number of hydrogen-bond acceptors (Lipinski definition) is 3. The Kier molecular flexibility index (Phi) is 5.38. The summed E-state index contributed by atoms with van der Waals surface area (Å²) in [6.07, 6.45) is 0. The first-order chi connectivity index (χ1) is 13.4. The van der Waals surface area contributed by atoms with Crippen molar-refractivity contribution in [2.75, 3.05) is 26.2 Å². The Hall–Kier alpha value is -1.99. The first-order valence-corrected chi connectivity index (χ1v) is 10.9. The molecule has 7 heteroatoms. The van der Waals surface area contributed by atoms with Crippen molar-refractivity contribution in [2.24, 2.45) is 0 Å². The van der Waals surface area contributed by atoms with Gasteiger partial charge in [-0.15, -0.1) is 0 Å². The lowest BCUT2D eigenvalue weighted by Gasteiger charge is -2.34. The van der Waals surface area contributed by atoms with Gasteiger partial charge < -0.3 is 0 Å². The van der Waals surface area contributed by atoms with E-state index in [1.54, 1.807) is 0 Å². The second-order valence-electron chi connectivity index (χ2n) is 6.89. The van der Waals surface area contributed by atoms with Crippen LogP contribution in [0.15, 0.2) is 65.6 Å². The molecule has 3 aromatic rings.